The van der Waals surface area contributed by atoms with Gasteiger partial charge in [-0.15, -0.1) is 0 Å². The SMILES string of the molecule is CC(=O)Nc1ccc(Nc2nc(C)cc(C(=O)Nc3ccccc3)n2)cc1. The van der Waals surface area contributed by atoms with Gasteiger partial charge >= 0.3 is 0 Å². The second-order valence-corrected chi connectivity index (χ2v) is 5.92. The van der Waals surface area contributed by atoms with Crippen LogP contribution in [-0.2, 0) is 4.79 Å². The number of carbonyl (C=O) groups excluding carboxylic acids is 2. The van der Waals surface area contributed by atoms with Gasteiger partial charge in [0.15, 0.2) is 0 Å². The van der Waals surface area contributed by atoms with Crippen molar-refractivity contribution in [1.82, 2.24) is 9.97 Å². The third kappa shape index (κ3) is 5.12. The average Bonchev–Trinajstić information content (AvgIpc) is 2.63. The van der Waals surface area contributed by atoms with Crippen molar-refractivity contribution in [3.05, 3.63) is 72.1 Å². The lowest BCUT2D eigenvalue weighted by atomic mass is 10.2. The van der Waals surface area contributed by atoms with E-state index in [2.05, 4.69) is 25.9 Å². The first-order valence-electron chi connectivity index (χ1n) is 8.36. The van der Waals surface area contributed by atoms with Gasteiger partial charge < -0.3 is 16.0 Å². The monoisotopic (exact) mass is 361 g/mol. The zero-order chi connectivity index (χ0) is 19.2. The Morgan fingerprint density at radius 2 is 1.44 bits per heavy atom. The number of aryl methyl sites for hydroxylation is 1. The maximum Gasteiger partial charge on any atom is 0.274 e. The first-order valence-corrected chi connectivity index (χ1v) is 8.36. The molecule has 0 atom stereocenters. The van der Waals surface area contributed by atoms with E-state index in [0.29, 0.717) is 23.0 Å². The molecule has 136 valence electrons. The average molecular weight is 361 g/mol. The van der Waals surface area contributed by atoms with Gasteiger partial charge in [0.2, 0.25) is 11.9 Å². The van der Waals surface area contributed by atoms with E-state index < -0.39 is 0 Å². The van der Waals surface area contributed by atoms with Gasteiger partial charge in [0.1, 0.15) is 5.69 Å². The van der Waals surface area contributed by atoms with Crippen molar-refractivity contribution < 1.29 is 9.59 Å². The largest absolute Gasteiger partial charge is 0.326 e. The summed E-state index contributed by atoms with van der Waals surface area (Å²) in [5.41, 5.74) is 3.07. The first kappa shape index (κ1) is 18.1. The van der Waals surface area contributed by atoms with E-state index in [9.17, 15) is 9.59 Å². The first-order chi connectivity index (χ1) is 13.0. The van der Waals surface area contributed by atoms with Crippen molar-refractivity contribution in [3.8, 4) is 0 Å². The van der Waals surface area contributed by atoms with Crippen LogP contribution in [0.3, 0.4) is 0 Å². The van der Waals surface area contributed by atoms with Crippen LogP contribution < -0.4 is 16.0 Å². The van der Waals surface area contributed by atoms with Crippen LogP contribution in [0.25, 0.3) is 0 Å². The second-order valence-electron chi connectivity index (χ2n) is 5.92. The van der Waals surface area contributed by atoms with Crippen LogP contribution in [0.1, 0.15) is 23.1 Å². The third-order valence-corrected chi connectivity index (χ3v) is 3.58. The smallest absolute Gasteiger partial charge is 0.274 e. The van der Waals surface area contributed by atoms with E-state index in [0.717, 1.165) is 5.69 Å². The molecule has 0 aliphatic heterocycles. The van der Waals surface area contributed by atoms with E-state index in [1.807, 2.05) is 30.3 Å². The van der Waals surface area contributed by atoms with Crippen molar-refractivity contribution in [2.75, 3.05) is 16.0 Å². The quantitative estimate of drug-likeness (QED) is 0.643. The fourth-order valence-electron chi connectivity index (χ4n) is 2.43. The van der Waals surface area contributed by atoms with Crippen molar-refractivity contribution in [2.45, 2.75) is 13.8 Å². The van der Waals surface area contributed by atoms with E-state index in [-0.39, 0.29) is 17.5 Å². The molecular formula is C20H19N5O2. The Morgan fingerprint density at radius 1 is 0.815 bits per heavy atom. The van der Waals surface area contributed by atoms with Crippen molar-refractivity contribution in [2.24, 2.45) is 0 Å². The normalized spacial score (nSPS) is 10.1. The summed E-state index contributed by atoms with van der Waals surface area (Å²) < 4.78 is 0. The molecule has 0 aliphatic rings. The van der Waals surface area contributed by atoms with Gasteiger partial charge in [-0.25, -0.2) is 9.97 Å². The Kier molecular flexibility index (Phi) is 5.41. The summed E-state index contributed by atoms with van der Waals surface area (Å²) in [5, 5.41) is 8.58. The van der Waals surface area contributed by atoms with Crippen LogP contribution in [0, 0.1) is 6.92 Å². The molecule has 0 unspecified atom stereocenters. The minimum Gasteiger partial charge on any atom is -0.326 e. The molecule has 1 heterocycles. The number of benzene rings is 2. The van der Waals surface area contributed by atoms with E-state index in [1.54, 1.807) is 37.3 Å². The van der Waals surface area contributed by atoms with E-state index in [4.69, 9.17) is 0 Å². The van der Waals surface area contributed by atoms with E-state index in [1.165, 1.54) is 6.92 Å². The van der Waals surface area contributed by atoms with E-state index >= 15 is 0 Å². The van der Waals surface area contributed by atoms with Crippen molar-refractivity contribution in [3.63, 3.8) is 0 Å². The maximum absolute atomic E-state index is 12.4. The molecule has 7 nitrogen and oxygen atoms in total. The highest BCUT2D eigenvalue weighted by atomic mass is 16.2. The number of carbonyl (C=O) groups is 2. The molecule has 0 radical (unpaired) electrons. The lowest BCUT2D eigenvalue weighted by Crippen LogP contribution is -2.15. The molecule has 3 aromatic rings. The second kappa shape index (κ2) is 8.09. The molecule has 3 rings (SSSR count). The maximum atomic E-state index is 12.4. The predicted octanol–water partition coefficient (Wildman–Crippen LogP) is 3.74. The summed E-state index contributed by atoms with van der Waals surface area (Å²) in [6.45, 7) is 3.25. The molecule has 0 bridgehead atoms. The van der Waals surface area contributed by atoms with Crippen LogP contribution in [-0.4, -0.2) is 21.8 Å². The zero-order valence-electron chi connectivity index (χ0n) is 15.0. The Bertz CT molecular complexity index is 956. The van der Waals surface area contributed by atoms with Crippen molar-refractivity contribution >= 4 is 34.8 Å². The summed E-state index contributed by atoms with van der Waals surface area (Å²) in [6.07, 6.45) is 0. The van der Waals surface area contributed by atoms with Gasteiger partial charge in [-0.2, -0.15) is 0 Å². The highest BCUT2D eigenvalue weighted by Gasteiger charge is 2.11. The number of para-hydroxylation sites is 1. The topological polar surface area (TPSA) is 96.0 Å². The Labute approximate surface area is 156 Å². The molecule has 2 aromatic carbocycles. The van der Waals surface area contributed by atoms with Gasteiger partial charge in [0, 0.05) is 29.7 Å². The van der Waals surface area contributed by atoms with Crippen LogP contribution in [0.15, 0.2) is 60.7 Å². The van der Waals surface area contributed by atoms with Gasteiger partial charge in [-0.1, -0.05) is 18.2 Å². The molecule has 0 fully saturated rings. The molecular weight excluding hydrogens is 342 g/mol. The van der Waals surface area contributed by atoms with Crippen LogP contribution in [0.5, 0.6) is 0 Å². The summed E-state index contributed by atoms with van der Waals surface area (Å²) in [6, 6.07) is 17.9. The molecule has 27 heavy (non-hydrogen) atoms. The Morgan fingerprint density at radius 3 is 2.11 bits per heavy atom. The fraction of sp³-hybridized carbons (Fsp3) is 0.100. The van der Waals surface area contributed by atoms with Crippen LogP contribution in [0.4, 0.5) is 23.0 Å². The molecule has 0 saturated heterocycles. The minimum atomic E-state index is -0.309. The van der Waals surface area contributed by atoms with Crippen LogP contribution >= 0.6 is 0 Å². The lowest BCUT2D eigenvalue weighted by molar-refractivity contribution is -0.114. The number of nitrogens with one attached hydrogen (secondary N) is 3. The van der Waals surface area contributed by atoms with Gasteiger partial charge in [-0.05, 0) is 49.4 Å². The van der Waals surface area contributed by atoms with Gasteiger partial charge in [0.25, 0.3) is 5.91 Å². The molecule has 7 heteroatoms. The lowest BCUT2D eigenvalue weighted by Gasteiger charge is -2.09. The molecule has 0 saturated carbocycles. The highest BCUT2D eigenvalue weighted by Crippen LogP contribution is 2.18. The summed E-state index contributed by atoms with van der Waals surface area (Å²) in [4.78, 5) is 32.1. The number of hydrogen-bond acceptors (Lipinski definition) is 5. The number of aromatic nitrogens is 2. The molecule has 0 aliphatic carbocycles. The number of nitrogens with zero attached hydrogens (tertiary/aromatic N) is 2. The summed E-state index contributed by atoms with van der Waals surface area (Å²) >= 11 is 0. The molecule has 1 aromatic heterocycles. The number of hydrogen-bond donors (Lipinski definition) is 3. The minimum absolute atomic E-state index is 0.133. The highest BCUT2D eigenvalue weighted by molar-refractivity contribution is 6.03. The molecule has 2 amide bonds. The zero-order valence-corrected chi connectivity index (χ0v) is 15.0. The standard InChI is InChI=1S/C20H19N5O2/c1-13-12-18(19(27)23-15-6-4-3-5-7-15)25-20(21-13)24-17-10-8-16(9-11-17)22-14(2)26/h3-12H,1-2H3,(H,22,26)(H,23,27)(H,21,24,25). The number of amides is 2. The number of rotatable bonds is 5. The van der Waals surface area contributed by atoms with Gasteiger partial charge in [0.05, 0.1) is 0 Å². The summed E-state index contributed by atoms with van der Waals surface area (Å²) in [7, 11) is 0. The Hall–Kier alpha value is -3.74. The third-order valence-electron chi connectivity index (χ3n) is 3.58. The van der Waals surface area contributed by atoms with Crippen molar-refractivity contribution in [1.29, 1.82) is 0 Å². The molecule has 3 N–H and O–H groups in total. The number of anilines is 4. The predicted molar refractivity (Wildman–Crippen MR) is 105 cm³/mol. The van der Waals surface area contributed by atoms with Gasteiger partial charge in [-0.3, -0.25) is 9.59 Å². The Balaban J connectivity index is 1.75. The fourth-order valence-corrected chi connectivity index (χ4v) is 2.43. The van der Waals surface area contributed by atoms with Crippen LogP contribution in [0.2, 0.25) is 0 Å². The molecule has 0 spiro atoms. The summed E-state index contributed by atoms with van der Waals surface area (Å²) in [5.74, 6) is -0.122.